The minimum atomic E-state index is -2.81. The van der Waals surface area contributed by atoms with Crippen molar-refractivity contribution in [3.8, 4) is 22.7 Å². The summed E-state index contributed by atoms with van der Waals surface area (Å²) >= 11 is 0. The molecule has 5 rings (SSSR count). The van der Waals surface area contributed by atoms with Crippen molar-refractivity contribution in [3.05, 3.63) is 66.1 Å². The minimum Gasteiger partial charge on any atom is -0.415 e. The topological polar surface area (TPSA) is 110 Å². The summed E-state index contributed by atoms with van der Waals surface area (Å²) in [4.78, 5) is 7.63. The summed E-state index contributed by atoms with van der Waals surface area (Å²) in [6, 6.07) is 9.58. The average molecular weight is 436 g/mol. The number of fused-ring (bicyclic) bond motifs is 1. The number of aromatic amines is 1. The van der Waals surface area contributed by atoms with Gasteiger partial charge in [-0.1, -0.05) is 17.3 Å². The second kappa shape index (κ2) is 8.27. The number of aromatic nitrogens is 7. The molecular weight excluding hydrogens is 418 g/mol. The molecule has 0 saturated heterocycles. The van der Waals surface area contributed by atoms with Gasteiger partial charge in [-0.05, 0) is 30.8 Å². The Balaban J connectivity index is 1.31. The van der Waals surface area contributed by atoms with Crippen LogP contribution in [0.5, 0.6) is 0 Å². The van der Waals surface area contributed by atoms with Crippen LogP contribution in [0.1, 0.15) is 23.6 Å². The maximum absolute atomic E-state index is 12.6. The number of halogens is 2. The van der Waals surface area contributed by atoms with Crippen LogP contribution in [0.3, 0.4) is 0 Å². The highest BCUT2D eigenvalue weighted by Crippen LogP contribution is 2.25. The fourth-order valence-corrected chi connectivity index (χ4v) is 3.44. The van der Waals surface area contributed by atoms with Crippen LogP contribution in [-0.4, -0.2) is 42.2 Å². The van der Waals surface area contributed by atoms with E-state index in [4.69, 9.17) is 4.42 Å². The molecule has 0 fully saturated rings. The van der Waals surface area contributed by atoms with Gasteiger partial charge >= 0.3 is 6.43 Å². The van der Waals surface area contributed by atoms with E-state index in [0.717, 1.165) is 29.0 Å². The fraction of sp³-hybridized carbons (Fsp3) is 0.190. The molecule has 0 aliphatic rings. The molecule has 5 aromatic rings. The van der Waals surface area contributed by atoms with Crippen molar-refractivity contribution in [2.45, 2.75) is 19.5 Å². The summed E-state index contributed by atoms with van der Waals surface area (Å²) in [5, 5.41) is 19.7. The van der Waals surface area contributed by atoms with Crippen LogP contribution < -0.4 is 5.32 Å². The molecule has 4 heterocycles. The summed E-state index contributed by atoms with van der Waals surface area (Å²) < 4.78 is 31.8. The Bertz CT molecular complexity index is 1360. The fourth-order valence-electron chi connectivity index (χ4n) is 3.44. The van der Waals surface area contributed by atoms with Crippen molar-refractivity contribution in [2.75, 3.05) is 7.05 Å². The van der Waals surface area contributed by atoms with Crippen molar-refractivity contribution in [2.24, 2.45) is 0 Å². The number of hydrogen-bond acceptors (Lipinski definition) is 7. The number of nitrogens with one attached hydrogen (secondary N) is 2. The number of H-pyrrole nitrogens is 1. The highest BCUT2D eigenvalue weighted by Gasteiger charge is 2.17. The van der Waals surface area contributed by atoms with Crippen LogP contribution in [0.15, 0.2) is 53.3 Å². The molecule has 4 aromatic heterocycles. The quantitative estimate of drug-likeness (QED) is 0.401. The van der Waals surface area contributed by atoms with E-state index < -0.39 is 12.3 Å². The van der Waals surface area contributed by atoms with E-state index in [-0.39, 0.29) is 5.89 Å². The van der Waals surface area contributed by atoms with E-state index in [2.05, 4.69) is 41.9 Å². The molecule has 0 atom stereocenters. The van der Waals surface area contributed by atoms with Gasteiger partial charge in [0, 0.05) is 35.4 Å². The Morgan fingerprint density at radius 3 is 2.75 bits per heavy atom. The smallest absolute Gasteiger partial charge is 0.314 e. The molecule has 2 N–H and O–H groups in total. The normalized spacial score (nSPS) is 11.6. The monoisotopic (exact) mass is 436 g/mol. The highest BCUT2D eigenvalue weighted by atomic mass is 19.3. The van der Waals surface area contributed by atoms with Gasteiger partial charge in [-0.15, -0.1) is 15.3 Å². The standard InChI is InChI=1S/C21H18F2N8O/c1-24-7-14-9-26-17-6-12(3-5-16(14)17)18-11-31(30-27-18)10-15-4-2-13(8-25-15)20-28-29-21(32-20)19(22)23/h2-6,8-9,11,19,24,26H,7,10H2,1H3. The summed E-state index contributed by atoms with van der Waals surface area (Å²) in [5.74, 6) is -0.713. The lowest BCUT2D eigenvalue weighted by molar-refractivity contribution is 0.116. The van der Waals surface area contributed by atoms with Crippen molar-refractivity contribution in [1.29, 1.82) is 0 Å². The number of benzene rings is 1. The third-order valence-corrected chi connectivity index (χ3v) is 4.99. The molecule has 0 aliphatic heterocycles. The zero-order valence-electron chi connectivity index (χ0n) is 17.0. The van der Waals surface area contributed by atoms with Gasteiger partial charge in [0.05, 0.1) is 24.0 Å². The van der Waals surface area contributed by atoms with Gasteiger partial charge in [-0.2, -0.15) is 8.78 Å². The van der Waals surface area contributed by atoms with Crippen LogP contribution in [0.25, 0.3) is 33.6 Å². The van der Waals surface area contributed by atoms with Crippen LogP contribution in [0.2, 0.25) is 0 Å². The van der Waals surface area contributed by atoms with Gasteiger partial charge in [0.15, 0.2) is 0 Å². The maximum atomic E-state index is 12.6. The Labute approximate surface area is 180 Å². The van der Waals surface area contributed by atoms with E-state index in [9.17, 15) is 8.78 Å². The molecule has 162 valence electrons. The van der Waals surface area contributed by atoms with Crippen molar-refractivity contribution >= 4 is 10.9 Å². The van der Waals surface area contributed by atoms with E-state index >= 15 is 0 Å². The van der Waals surface area contributed by atoms with E-state index in [1.54, 1.807) is 16.8 Å². The van der Waals surface area contributed by atoms with Gasteiger partial charge in [-0.25, -0.2) is 4.68 Å². The second-order valence-corrected chi connectivity index (χ2v) is 7.19. The Morgan fingerprint density at radius 1 is 1.12 bits per heavy atom. The van der Waals surface area contributed by atoms with E-state index in [1.165, 1.54) is 17.1 Å². The van der Waals surface area contributed by atoms with E-state index in [1.807, 2.05) is 31.6 Å². The zero-order chi connectivity index (χ0) is 22.1. The summed E-state index contributed by atoms with van der Waals surface area (Å²) in [5.41, 5.74) is 5.13. The van der Waals surface area contributed by atoms with Crippen LogP contribution in [-0.2, 0) is 13.1 Å². The lowest BCUT2D eigenvalue weighted by atomic mass is 10.1. The number of hydrogen-bond donors (Lipinski definition) is 2. The van der Waals surface area contributed by atoms with Gasteiger partial charge in [0.25, 0.3) is 5.89 Å². The molecular formula is C21H18F2N8O. The SMILES string of the molecule is CNCc1c[nH]c2cc(-c3cn(Cc4ccc(-c5nnc(C(F)F)o5)cn4)nn3)ccc12. The molecule has 9 nitrogen and oxygen atoms in total. The second-order valence-electron chi connectivity index (χ2n) is 7.19. The van der Waals surface area contributed by atoms with Gasteiger partial charge in [0.1, 0.15) is 5.69 Å². The van der Waals surface area contributed by atoms with Crippen LogP contribution >= 0.6 is 0 Å². The number of nitrogens with zero attached hydrogens (tertiary/aromatic N) is 6. The van der Waals surface area contributed by atoms with Crippen molar-refractivity contribution in [1.82, 2.24) is 40.5 Å². The van der Waals surface area contributed by atoms with Crippen LogP contribution in [0.4, 0.5) is 8.78 Å². The van der Waals surface area contributed by atoms with Gasteiger partial charge in [0.2, 0.25) is 5.89 Å². The molecule has 0 bridgehead atoms. The molecule has 0 saturated carbocycles. The van der Waals surface area contributed by atoms with Gasteiger partial charge in [-0.3, -0.25) is 4.98 Å². The Morgan fingerprint density at radius 2 is 2.00 bits per heavy atom. The number of rotatable bonds is 7. The predicted octanol–water partition coefficient (Wildman–Crippen LogP) is 3.58. The molecule has 1 aromatic carbocycles. The van der Waals surface area contributed by atoms with E-state index in [0.29, 0.717) is 12.1 Å². The van der Waals surface area contributed by atoms with Gasteiger partial charge < -0.3 is 14.7 Å². The predicted molar refractivity (Wildman–Crippen MR) is 112 cm³/mol. The zero-order valence-corrected chi connectivity index (χ0v) is 17.0. The first-order chi connectivity index (χ1) is 15.6. The molecule has 11 heteroatoms. The highest BCUT2D eigenvalue weighted by molar-refractivity contribution is 5.87. The van der Waals surface area contributed by atoms with Crippen molar-refractivity contribution < 1.29 is 13.2 Å². The molecule has 32 heavy (non-hydrogen) atoms. The first-order valence-corrected chi connectivity index (χ1v) is 9.82. The summed E-state index contributed by atoms with van der Waals surface area (Å²) in [6.45, 7) is 1.19. The number of pyridine rings is 1. The summed E-state index contributed by atoms with van der Waals surface area (Å²) in [7, 11) is 1.92. The lowest BCUT2D eigenvalue weighted by Crippen LogP contribution is -2.03. The summed E-state index contributed by atoms with van der Waals surface area (Å²) in [6.07, 6.45) is 2.54. The Hall–Kier alpha value is -3.99. The molecule has 0 spiro atoms. The molecule has 0 unspecified atom stereocenters. The first-order valence-electron chi connectivity index (χ1n) is 9.82. The molecule has 0 amide bonds. The maximum Gasteiger partial charge on any atom is 0.314 e. The minimum absolute atomic E-state index is 0.0000219. The largest absolute Gasteiger partial charge is 0.415 e. The van der Waals surface area contributed by atoms with Crippen LogP contribution in [0, 0.1) is 0 Å². The first kappa shape index (κ1) is 19.9. The number of alkyl halides is 2. The Kier molecular flexibility index (Phi) is 5.15. The lowest BCUT2D eigenvalue weighted by Gasteiger charge is -2.01. The molecule has 0 aliphatic carbocycles. The molecule has 0 radical (unpaired) electrons. The van der Waals surface area contributed by atoms with Crippen molar-refractivity contribution in [3.63, 3.8) is 0 Å². The third-order valence-electron chi connectivity index (χ3n) is 4.99. The average Bonchev–Trinajstić information content (AvgIpc) is 3.54. The third kappa shape index (κ3) is 3.85.